The van der Waals surface area contributed by atoms with Crippen LogP contribution in [0.2, 0.25) is 0 Å². The normalized spacial score (nSPS) is 11.4. The van der Waals surface area contributed by atoms with Gasteiger partial charge in [0.15, 0.2) is 0 Å². The lowest BCUT2D eigenvalue weighted by molar-refractivity contribution is -0.120. The number of nitrogens with one attached hydrogen (secondary N) is 2. The molecule has 1 heterocycles. The first-order valence-corrected chi connectivity index (χ1v) is 7.40. The maximum absolute atomic E-state index is 12.7. The Morgan fingerprint density at radius 3 is 2.61 bits per heavy atom. The summed E-state index contributed by atoms with van der Waals surface area (Å²) in [4.78, 5) is 19.9. The number of aromatic nitrogens is 2. The van der Waals surface area contributed by atoms with Crippen molar-refractivity contribution in [2.24, 2.45) is 0 Å². The molecule has 0 fully saturated rings. The Morgan fingerprint density at radius 2 is 1.91 bits per heavy atom. The summed E-state index contributed by atoms with van der Waals surface area (Å²) >= 11 is 0. The van der Waals surface area contributed by atoms with E-state index in [9.17, 15) is 4.79 Å². The molecule has 1 aromatic heterocycles. The Bertz CT molecular complexity index is 835. The number of carbonyl (C=O) groups excluding carboxylic acids is 1. The third-order valence-corrected chi connectivity index (χ3v) is 4.06. The Labute approximate surface area is 134 Å². The van der Waals surface area contributed by atoms with Gasteiger partial charge in [0.1, 0.15) is 5.75 Å². The van der Waals surface area contributed by atoms with Crippen LogP contribution in [-0.2, 0) is 10.2 Å². The van der Waals surface area contributed by atoms with Crippen LogP contribution < -0.4 is 10.1 Å². The quantitative estimate of drug-likeness (QED) is 0.775. The largest absolute Gasteiger partial charge is 0.497 e. The number of methoxy groups -OCH3 is 1. The van der Waals surface area contributed by atoms with Crippen molar-refractivity contribution in [3.05, 3.63) is 54.4 Å². The fraction of sp³-hybridized carbons (Fsp3) is 0.222. The smallest absolute Gasteiger partial charge is 0.234 e. The van der Waals surface area contributed by atoms with E-state index in [1.54, 1.807) is 13.4 Å². The lowest BCUT2D eigenvalue weighted by Gasteiger charge is -2.24. The average molecular weight is 309 g/mol. The highest BCUT2D eigenvalue weighted by atomic mass is 16.5. The molecule has 0 aliphatic rings. The summed E-state index contributed by atoms with van der Waals surface area (Å²) in [5, 5.41) is 2.97. The summed E-state index contributed by atoms with van der Waals surface area (Å²) in [5.41, 5.74) is 2.78. The van der Waals surface area contributed by atoms with Crippen LogP contribution in [0.25, 0.3) is 11.0 Å². The van der Waals surface area contributed by atoms with E-state index >= 15 is 0 Å². The second-order valence-electron chi connectivity index (χ2n) is 5.94. The topological polar surface area (TPSA) is 67.0 Å². The molecule has 2 aromatic carbocycles. The van der Waals surface area contributed by atoms with Crippen LogP contribution in [0.1, 0.15) is 19.4 Å². The Hall–Kier alpha value is -2.82. The summed E-state index contributed by atoms with van der Waals surface area (Å²) in [6.07, 6.45) is 1.64. The van der Waals surface area contributed by atoms with E-state index in [0.29, 0.717) is 0 Å². The molecule has 0 saturated heterocycles. The number of H-pyrrole nitrogens is 1. The van der Waals surface area contributed by atoms with Gasteiger partial charge in [-0.2, -0.15) is 0 Å². The minimum Gasteiger partial charge on any atom is -0.497 e. The van der Waals surface area contributed by atoms with E-state index in [4.69, 9.17) is 4.74 Å². The molecule has 0 saturated carbocycles. The Kier molecular flexibility index (Phi) is 3.78. The third-order valence-electron chi connectivity index (χ3n) is 4.06. The van der Waals surface area contributed by atoms with E-state index < -0.39 is 5.41 Å². The number of benzene rings is 2. The molecule has 118 valence electrons. The van der Waals surface area contributed by atoms with Gasteiger partial charge < -0.3 is 15.0 Å². The third kappa shape index (κ3) is 2.90. The van der Waals surface area contributed by atoms with Crippen molar-refractivity contribution < 1.29 is 9.53 Å². The minimum absolute atomic E-state index is 0.0680. The van der Waals surface area contributed by atoms with Crippen LogP contribution in [0, 0.1) is 0 Å². The fourth-order valence-electron chi connectivity index (χ4n) is 2.44. The van der Waals surface area contributed by atoms with Crippen molar-refractivity contribution >= 4 is 22.6 Å². The highest BCUT2D eigenvalue weighted by Crippen LogP contribution is 2.27. The Morgan fingerprint density at radius 1 is 1.17 bits per heavy atom. The number of anilines is 1. The summed E-state index contributed by atoms with van der Waals surface area (Å²) in [5.74, 6) is 0.705. The first-order chi connectivity index (χ1) is 11.0. The number of ether oxygens (including phenoxy) is 1. The molecule has 1 amide bonds. The van der Waals surface area contributed by atoms with Crippen molar-refractivity contribution in [2.75, 3.05) is 12.4 Å². The van der Waals surface area contributed by atoms with Gasteiger partial charge in [0.05, 0.1) is 29.9 Å². The van der Waals surface area contributed by atoms with E-state index in [1.807, 2.05) is 56.3 Å². The monoisotopic (exact) mass is 309 g/mol. The van der Waals surface area contributed by atoms with Gasteiger partial charge in [0, 0.05) is 5.69 Å². The SMILES string of the molecule is COc1ccc(C(C)(C)C(=O)Nc2ccc3nc[nH]c3c2)cc1. The number of carbonyl (C=O) groups is 1. The first kappa shape index (κ1) is 15.1. The zero-order valence-corrected chi connectivity index (χ0v) is 13.4. The molecule has 5 nitrogen and oxygen atoms in total. The summed E-state index contributed by atoms with van der Waals surface area (Å²) in [6.45, 7) is 3.80. The van der Waals surface area contributed by atoms with Gasteiger partial charge in [-0.3, -0.25) is 4.79 Å². The fourth-order valence-corrected chi connectivity index (χ4v) is 2.44. The summed E-state index contributed by atoms with van der Waals surface area (Å²) < 4.78 is 5.16. The molecule has 0 unspecified atom stereocenters. The molecule has 23 heavy (non-hydrogen) atoms. The van der Waals surface area contributed by atoms with Gasteiger partial charge in [-0.1, -0.05) is 12.1 Å². The van der Waals surface area contributed by atoms with Crippen LogP contribution in [0.4, 0.5) is 5.69 Å². The van der Waals surface area contributed by atoms with Crippen LogP contribution in [0.15, 0.2) is 48.8 Å². The molecule has 5 heteroatoms. The second-order valence-corrected chi connectivity index (χ2v) is 5.94. The summed E-state index contributed by atoms with van der Waals surface area (Å²) in [7, 11) is 1.62. The summed E-state index contributed by atoms with van der Waals surface area (Å²) in [6, 6.07) is 13.2. The first-order valence-electron chi connectivity index (χ1n) is 7.40. The molecular formula is C18H19N3O2. The number of aromatic amines is 1. The number of hydrogen-bond donors (Lipinski definition) is 2. The van der Waals surface area contributed by atoms with Crippen molar-refractivity contribution in [3.63, 3.8) is 0 Å². The number of rotatable bonds is 4. The van der Waals surface area contributed by atoms with Gasteiger partial charge in [0.2, 0.25) is 5.91 Å². The molecule has 2 N–H and O–H groups in total. The van der Waals surface area contributed by atoms with E-state index in [0.717, 1.165) is 28.0 Å². The zero-order valence-electron chi connectivity index (χ0n) is 13.4. The molecule has 3 aromatic rings. The number of amides is 1. The van der Waals surface area contributed by atoms with Crippen molar-refractivity contribution in [1.29, 1.82) is 0 Å². The van der Waals surface area contributed by atoms with Gasteiger partial charge >= 0.3 is 0 Å². The Balaban J connectivity index is 1.82. The second kappa shape index (κ2) is 5.76. The van der Waals surface area contributed by atoms with Crippen molar-refractivity contribution in [3.8, 4) is 5.75 Å². The van der Waals surface area contributed by atoms with Crippen molar-refractivity contribution in [2.45, 2.75) is 19.3 Å². The minimum atomic E-state index is -0.658. The molecule has 0 aliphatic heterocycles. The number of fused-ring (bicyclic) bond motifs is 1. The van der Waals surface area contributed by atoms with Crippen LogP contribution >= 0.6 is 0 Å². The lowest BCUT2D eigenvalue weighted by Crippen LogP contribution is -2.34. The highest BCUT2D eigenvalue weighted by molar-refractivity contribution is 5.99. The van der Waals surface area contributed by atoms with E-state index in [1.165, 1.54) is 0 Å². The zero-order chi connectivity index (χ0) is 16.4. The molecular weight excluding hydrogens is 290 g/mol. The van der Waals surface area contributed by atoms with Crippen molar-refractivity contribution in [1.82, 2.24) is 9.97 Å². The van der Waals surface area contributed by atoms with Gasteiger partial charge in [-0.05, 0) is 49.7 Å². The highest BCUT2D eigenvalue weighted by Gasteiger charge is 2.29. The van der Waals surface area contributed by atoms with Gasteiger partial charge in [-0.25, -0.2) is 4.98 Å². The van der Waals surface area contributed by atoms with Crippen LogP contribution in [0.3, 0.4) is 0 Å². The molecule has 0 aliphatic carbocycles. The van der Waals surface area contributed by atoms with E-state index in [2.05, 4.69) is 15.3 Å². The number of imidazole rings is 1. The molecule has 0 atom stereocenters. The van der Waals surface area contributed by atoms with Crippen LogP contribution in [-0.4, -0.2) is 23.0 Å². The molecule has 0 radical (unpaired) electrons. The van der Waals surface area contributed by atoms with E-state index in [-0.39, 0.29) is 5.91 Å². The van der Waals surface area contributed by atoms with Crippen LogP contribution in [0.5, 0.6) is 5.75 Å². The number of nitrogens with zero attached hydrogens (tertiary/aromatic N) is 1. The predicted molar refractivity (Wildman–Crippen MR) is 90.7 cm³/mol. The number of hydrogen-bond acceptors (Lipinski definition) is 3. The predicted octanol–water partition coefficient (Wildman–Crippen LogP) is 3.49. The van der Waals surface area contributed by atoms with Gasteiger partial charge in [0.25, 0.3) is 0 Å². The lowest BCUT2D eigenvalue weighted by atomic mass is 9.83. The molecule has 3 rings (SSSR count). The van der Waals surface area contributed by atoms with Gasteiger partial charge in [-0.15, -0.1) is 0 Å². The standard InChI is InChI=1S/C18H19N3O2/c1-18(2,12-4-7-14(23-3)8-5-12)17(22)21-13-6-9-15-16(10-13)20-11-19-15/h4-11H,1-3H3,(H,19,20)(H,21,22). The maximum atomic E-state index is 12.7. The molecule has 0 bridgehead atoms. The molecule has 0 spiro atoms. The maximum Gasteiger partial charge on any atom is 0.234 e. The average Bonchev–Trinajstić information content (AvgIpc) is 3.02.